The molecule has 0 spiro atoms. The molecular formula is C14H19N3O4. The number of morpholine rings is 1. The molecule has 1 aliphatic rings. The lowest BCUT2D eigenvalue weighted by molar-refractivity contribution is -0.147. The highest BCUT2D eigenvalue weighted by Gasteiger charge is 2.34. The first-order chi connectivity index (χ1) is 9.99. The summed E-state index contributed by atoms with van der Waals surface area (Å²) in [4.78, 5) is 30.7. The number of aromatic nitrogens is 1. The van der Waals surface area contributed by atoms with Crippen LogP contribution in [0.2, 0.25) is 0 Å². The van der Waals surface area contributed by atoms with Crippen molar-refractivity contribution in [1.29, 1.82) is 0 Å². The number of amides is 2. The highest BCUT2D eigenvalue weighted by Crippen LogP contribution is 2.12. The minimum Gasteiger partial charge on any atom is -0.480 e. The Labute approximate surface area is 123 Å². The number of pyridine rings is 1. The summed E-state index contributed by atoms with van der Waals surface area (Å²) >= 11 is 0. The lowest BCUT2D eigenvalue weighted by atomic mass is 10.2. The maximum Gasteiger partial charge on any atom is 0.328 e. The number of aliphatic carboxylic acids is 1. The van der Waals surface area contributed by atoms with Crippen molar-refractivity contribution in [2.24, 2.45) is 0 Å². The molecule has 0 aromatic carbocycles. The Hall–Kier alpha value is -2.15. The standard InChI is InChI=1S/C14H19N3O4/c1-10-4-3-5-11(15-10)8-16(2)14(20)17-6-7-21-9-12(17)13(18)19/h3-5,12H,6-9H2,1-2H3,(H,18,19). The number of carbonyl (C=O) groups excluding carboxylic acids is 1. The molecule has 2 heterocycles. The van der Waals surface area contributed by atoms with Crippen molar-refractivity contribution < 1.29 is 19.4 Å². The van der Waals surface area contributed by atoms with Crippen LogP contribution in [-0.2, 0) is 16.1 Å². The van der Waals surface area contributed by atoms with Gasteiger partial charge in [-0.3, -0.25) is 4.98 Å². The van der Waals surface area contributed by atoms with Gasteiger partial charge in [0.25, 0.3) is 0 Å². The van der Waals surface area contributed by atoms with Gasteiger partial charge in [0.05, 0.1) is 25.5 Å². The zero-order chi connectivity index (χ0) is 15.4. The predicted octanol–water partition coefficient (Wildman–Crippen LogP) is 0.727. The summed E-state index contributed by atoms with van der Waals surface area (Å²) < 4.78 is 5.13. The molecule has 2 amide bonds. The van der Waals surface area contributed by atoms with E-state index in [4.69, 9.17) is 9.84 Å². The van der Waals surface area contributed by atoms with Crippen molar-refractivity contribution in [3.05, 3.63) is 29.6 Å². The lowest BCUT2D eigenvalue weighted by Gasteiger charge is -2.35. The lowest BCUT2D eigenvalue weighted by Crippen LogP contribution is -2.55. The highest BCUT2D eigenvalue weighted by molar-refractivity contribution is 5.82. The van der Waals surface area contributed by atoms with Crippen LogP contribution >= 0.6 is 0 Å². The summed E-state index contributed by atoms with van der Waals surface area (Å²) in [5.74, 6) is -1.05. The fourth-order valence-electron chi connectivity index (χ4n) is 2.25. The van der Waals surface area contributed by atoms with Crippen LogP contribution in [0, 0.1) is 6.92 Å². The predicted molar refractivity (Wildman–Crippen MR) is 74.8 cm³/mol. The number of urea groups is 1. The summed E-state index contributed by atoms with van der Waals surface area (Å²) in [5.41, 5.74) is 1.65. The van der Waals surface area contributed by atoms with Crippen LogP contribution < -0.4 is 0 Å². The van der Waals surface area contributed by atoms with Gasteiger partial charge >= 0.3 is 12.0 Å². The van der Waals surface area contributed by atoms with E-state index < -0.39 is 12.0 Å². The topological polar surface area (TPSA) is 83.0 Å². The van der Waals surface area contributed by atoms with Crippen LogP contribution in [0.3, 0.4) is 0 Å². The normalized spacial score (nSPS) is 18.4. The van der Waals surface area contributed by atoms with E-state index in [2.05, 4.69) is 4.98 Å². The molecule has 1 unspecified atom stereocenters. The number of rotatable bonds is 3. The molecule has 1 aromatic rings. The minimum atomic E-state index is -1.05. The molecule has 1 fully saturated rings. The highest BCUT2D eigenvalue weighted by atomic mass is 16.5. The molecule has 7 heteroatoms. The van der Waals surface area contributed by atoms with Crippen molar-refractivity contribution in [3.63, 3.8) is 0 Å². The van der Waals surface area contributed by atoms with Gasteiger partial charge < -0.3 is 19.6 Å². The second-order valence-corrected chi connectivity index (χ2v) is 5.03. The molecule has 1 N–H and O–H groups in total. The van der Waals surface area contributed by atoms with E-state index in [1.807, 2.05) is 25.1 Å². The summed E-state index contributed by atoms with van der Waals surface area (Å²) in [6.07, 6.45) is 0. The van der Waals surface area contributed by atoms with Gasteiger partial charge in [-0.2, -0.15) is 0 Å². The van der Waals surface area contributed by atoms with Crippen molar-refractivity contribution in [2.45, 2.75) is 19.5 Å². The molecule has 0 bridgehead atoms. The first-order valence-electron chi connectivity index (χ1n) is 6.74. The molecule has 1 saturated heterocycles. The van der Waals surface area contributed by atoms with E-state index in [-0.39, 0.29) is 19.2 Å². The second-order valence-electron chi connectivity index (χ2n) is 5.03. The number of carboxylic acids is 1. The molecule has 0 saturated carbocycles. The van der Waals surface area contributed by atoms with Crippen molar-refractivity contribution in [2.75, 3.05) is 26.8 Å². The number of nitrogens with zero attached hydrogens (tertiary/aromatic N) is 3. The number of ether oxygens (including phenoxy) is 1. The third kappa shape index (κ3) is 3.69. The van der Waals surface area contributed by atoms with Gasteiger partial charge in [-0.1, -0.05) is 6.07 Å². The number of carbonyl (C=O) groups is 2. The average Bonchev–Trinajstić information content (AvgIpc) is 2.46. The van der Waals surface area contributed by atoms with Crippen LogP contribution in [0.1, 0.15) is 11.4 Å². The van der Waals surface area contributed by atoms with Gasteiger partial charge in [0.2, 0.25) is 0 Å². The molecule has 1 aromatic heterocycles. The Morgan fingerprint density at radius 3 is 2.95 bits per heavy atom. The average molecular weight is 293 g/mol. The monoisotopic (exact) mass is 293 g/mol. The van der Waals surface area contributed by atoms with Crippen LogP contribution in [0.4, 0.5) is 4.79 Å². The molecule has 1 aliphatic heterocycles. The van der Waals surface area contributed by atoms with E-state index in [0.717, 1.165) is 11.4 Å². The Balaban J connectivity index is 2.05. The Kier molecular flexibility index (Phi) is 4.74. The van der Waals surface area contributed by atoms with E-state index in [1.165, 1.54) is 9.80 Å². The van der Waals surface area contributed by atoms with Crippen molar-refractivity contribution in [3.8, 4) is 0 Å². The van der Waals surface area contributed by atoms with Gasteiger partial charge in [0.15, 0.2) is 6.04 Å². The molecular weight excluding hydrogens is 274 g/mol. The third-order valence-corrected chi connectivity index (χ3v) is 3.33. The number of aryl methyl sites for hydroxylation is 1. The number of carboxylic acid groups (broad SMARTS) is 1. The van der Waals surface area contributed by atoms with Gasteiger partial charge in [0.1, 0.15) is 0 Å². The summed E-state index contributed by atoms with van der Waals surface area (Å²) in [7, 11) is 1.64. The van der Waals surface area contributed by atoms with E-state index in [9.17, 15) is 9.59 Å². The number of hydrogen-bond acceptors (Lipinski definition) is 4. The van der Waals surface area contributed by atoms with E-state index in [0.29, 0.717) is 13.2 Å². The van der Waals surface area contributed by atoms with Gasteiger partial charge in [-0.15, -0.1) is 0 Å². The number of hydrogen-bond donors (Lipinski definition) is 1. The maximum absolute atomic E-state index is 12.4. The molecule has 2 rings (SSSR count). The molecule has 114 valence electrons. The SMILES string of the molecule is Cc1cccc(CN(C)C(=O)N2CCOCC2C(=O)O)n1. The fourth-order valence-corrected chi connectivity index (χ4v) is 2.25. The van der Waals surface area contributed by atoms with E-state index in [1.54, 1.807) is 7.05 Å². The molecule has 0 radical (unpaired) electrons. The largest absolute Gasteiger partial charge is 0.480 e. The first-order valence-corrected chi connectivity index (χ1v) is 6.74. The van der Waals surface area contributed by atoms with Crippen LogP contribution in [0.5, 0.6) is 0 Å². The maximum atomic E-state index is 12.4. The third-order valence-electron chi connectivity index (χ3n) is 3.33. The van der Waals surface area contributed by atoms with Crippen molar-refractivity contribution >= 4 is 12.0 Å². The Morgan fingerprint density at radius 1 is 1.52 bits per heavy atom. The zero-order valence-corrected chi connectivity index (χ0v) is 12.2. The van der Waals surface area contributed by atoms with Crippen LogP contribution in [0.15, 0.2) is 18.2 Å². The van der Waals surface area contributed by atoms with Crippen molar-refractivity contribution in [1.82, 2.24) is 14.8 Å². The summed E-state index contributed by atoms with van der Waals surface area (Å²) in [6.45, 7) is 2.88. The summed E-state index contributed by atoms with van der Waals surface area (Å²) in [5, 5.41) is 9.16. The Bertz CT molecular complexity index is 535. The van der Waals surface area contributed by atoms with Gasteiger partial charge in [-0.05, 0) is 19.1 Å². The van der Waals surface area contributed by atoms with Crippen LogP contribution in [-0.4, -0.2) is 64.7 Å². The fraction of sp³-hybridized carbons (Fsp3) is 0.500. The molecule has 1 atom stereocenters. The van der Waals surface area contributed by atoms with E-state index >= 15 is 0 Å². The minimum absolute atomic E-state index is 0.0254. The second kappa shape index (κ2) is 6.53. The molecule has 21 heavy (non-hydrogen) atoms. The van der Waals surface area contributed by atoms with Gasteiger partial charge in [-0.25, -0.2) is 9.59 Å². The smallest absolute Gasteiger partial charge is 0.328 e. The molecule has 7 nitrogen and oxygen atoms in total. The molecule has 0 aliphatic carbocycles. The quantitative estimate of drug-likeness (QED) is 0.888. The first kappa shape index (κ1) is 15.2. The Morgan fingerprint density at radius 2 is 2.29 bits per heavy atom. The van der Waals surface area contributed by atoms with Crippen LogP contribution in [0.25, 0.3) is 0 Å². The van der Waals surface area contributed by atoms with Gasteiger partial charge in [0, 0.05) is 19.3 Å². The summed E-state index contributed by atoms with van der Waals surface area (Å²) in [6, 6.07) is 4.34. The zero-order valence-electron chi connectivity index (χ0n) is 12.2.